The third kappa shape index (κ3) is 6.90. The zero-order valence-corrected chi connectivity index (χ0v) is 13.5. The Morgan fingerprint density at radius 2 is 1.67 bits per heavy atom. The summed E-state index contributed by atoms with van der Waals surface area (Å²) in [4.78, 5) is 13.2. The van der Waals surface area contributed by atoms with Crippen molar-refractivity contribution in [3.8, 4) is 0 Å². The third-order valence-corrected chi connectivity index (χ3v) is 3.26. The molecule has 1 atom stereocenters. The van der Waals surface area contributed by atoms with E-state index in [-0.39, 0.29) is 19.0 Å². The minimum Gasteiger partial charge on any atom is -0.459 e. The van der Waals surface area contributed by atoms with Gasteiger partial charge in [-0.2, -0.15) is 0 Å². The largest absolute Gasteiger partial charge is 0.459 e. The summed E-state index contributed by atoms with van der Waals surface area (Å²) in [7, 11) is 0. The van der Waals surface area contributed by atoms with Crippen molar-refractivity contribution in [2.24, 2.45) is 0 Å². The van der Waals surface area contributed by atoms with E-state index in [1.165, 1.54) is 4.90 Å². The van der Waals surface area contributed by atoms with Gasteiger partial charge in [0, 0.05) is 12.4 Å². The summed E-state index contributed by atoms with van der Waals surface area (Å²) in [6.07, 6.45) is -0.974. The first-order valence-corrected chi connectivity index (χ1v) is 7.21. The zero-order chi connectivity index (χ0) is 16.7. The molecule has 0 amide bonds. The van der Waals surface area contributed by atoms with Crippen LogP contribution >= 0.6 is 11.6 Å². The quantitative estimate of drug-likeness (QED) is 0.316. The van der Waals surface area contributed by atoms with E-state index in [9.17, 15) is 25.2 Å². The monoisotopic (exact) mass is 327 g/mol. The van der Waals surface area contributed by atoms with Gasteiger partial charge in [0.15, 0.2) is 0 Å². The van der Waals surface area contributed by atoms with Crippen LogP contribution in [0.3, 0.4) is 0 Å². The number of carbonyl (C=O) groups is 1. The number of alkyl halides is 1. The zero-order valence-electron chi connectivity index (χ0n) is 12.8. The van der Waals surface area contributed by atoms with Crippen molar-refractivity contribution >= 4 is 17.6 Å². The highest BCUT2D eigenvalue weighted by molar-refractivity contribution is 6.18. The Morgan fingerprint density at radius 3 is 2.00 bits per heavy atom. The molecule has 0 aromatic heterocycles. The second-order valence-corrected chi connectivity index (χ2v) is 6.28. The average molecular weight is 328 g/mol. The fourth-order valence-corrected chi connectivity index (χ4v) is 1.81. The molecule has 0 radical (unpaired) electrons. The maximum Gasteiger partial charge on any atom is 0.320 e. The number of esters is 1. The van der Waals surface area contributed by atoms with Crippen molar-refractivity contribution in [3.05, 3.63) is 0 Å². The Bertz CT molecular complexity index is 308. The van der Waals surface area contributed by atoms with Gasteiger partial charge < -0.3 is 25.2 Å². The Balaban J connectivity index is 5.09. The van der Waals surface area contributed by atoms with Crippen LogP contribution in [0.4, 0.5) is 0 Å². The number of halogens is 1. The lowest BCUT2D eigenvalue weighted by Gasteiger charge is -2.40. The SMILES string of the molecule is CC(C)(C)OC(=O)CN(CC(O)CCl)C(CO)(CO)CO. The molecular formula is C13H26ClNO6. The van der Waals surface area contributed by atoms with Crippen LogP contribution in [-0.4, -0.2) is 87.3 Å². The summed E-state index contributed by atoms with van der Waals surface area (Å²) in [5, 5.41) is 38.0. The first-order valence-electron chi connectivity index (χ1n) is 6.67. The fraction of sp³-hybridized carbons (Fsp3) is 0.923. The third-order valence-electron chi connectivity index (χ3n) is 2.90. The predicted octanol–water partition coefficient (Wildman–Crippen LogP) is -1.05. The molecule has 0 bridgehead atoms. The first kappa shape index (κ1) is 20.6. The van der Waals surface area contributed by atoms with Crippen LogP contribution in [-0.2, 0) is 9.53 Å². The van der Waals surface area contributed by atoms with E-state index in [1.54, 1.807) is 20.8 Å². The van der Waals surface area contributed by atoms with Crippen LogP contribution in [0.25, 0.3) is 0 Å². The molecule has 0 aromatic rings. The normalized spacial score (nSPS) is 14.3. The molecule has 0 aliphatic rings. The maximum atomic E-state index is 11.9. The van der Waals surface area contributed by atoms with Crippen molar-refractivity contribution in [2.45, 2.75) is 38.0 Å². The molecule has 8 heteroatoms. The van der Waals surface area contributed by atoms with Crippen molar-refractivity contribution < 1.29 is 30.0 Å². The van der Waals surface area contributed by atoms with Crippen LogP contribution in [0.1, 0.15) is 20.8 Å². The lowest BCUT2D eigenvalue weighted by molar-refractivity contribution is -0.160. The van der Waals surface area contributed by atoms with Crippen molar-refractivity contribution in [1.29, 1.82) is 0 Å². The van der Waals surface area contributed by atoms with Gasteiger partial charge in [-0.05, 0) is 20.8 Å². The lowest BCUT2D eigenvalue weighted by Crippen LogP contribution is -2.60. The summed E-state index contributed by atoms with van der Waals surface area (Å²) >= 11 is 5.54. The van der Waals surface area contributed by atoms with E-state index < -0.39 is 43.0 Å². The molecule has 0 heterocycles. The topological polar surface area (TPSA) is 110 Å². The van der Waals surface area contributed by atoms with E-state index >= 15 is 0 Å². The van der Waals surface area contributed by atoms with E-state index in [1.807, 2.05) is 0 Å². The summed E-state index contributed by atoms with van der Waals surface area (Å²) in [5.41, 5.74) is -2.13. The fourth-order valence-electron chi connectivity index (χ4n) is 1.71. The number of nitrogens with zero attached hydrogens (tertiary/aromatic N) is 1. The summed E-state index contributed by atoms with van der Waals surface area (Å²) < 4.78 is 5.17. The smallest absolute Gasteiger partial charge is 0.320 e. The predicted molar refractivity (Wildman–Crippen MR) is 78.1 cm³/mol. The number of carbonyl (C=O) groups excluding carboxylic acids is 1. The highest BCUT2D eigenvalue weighted by Gasteiger charge is 2.38. The summed E-state index contributed by atoms with van der Waals surface area (Å²) in [6.45, 7) is 2.98. The van der Waals surface area contributed by atoms with E-state index in [2.05, 4.69) is 0 Å². The van der Waals surface area contributed by atoms with Gasteiger partial charge in [0.05, 0.1) is 38.0 Å². The maximum absolute atomic E-state index is 11.9. The molecule has 7 nitrogen and oxygen atoms in total. The molecule has 0 aliphatic heterocycles. The Labute approximate surface area is 130 Å². The van der Waals surface area contributed by atoms with Gasteiger partial charge >= 0.3 is 5.97 Å². The van der Waals surface area contributed by atoms with Gasteiger partial charge in [0.25, 0.3) is 0 Å². The van der Waals surface area contributed by atoms with Crippen molar-refractivity contribution in [1.82, 2.24) is 4.90 Å². The number of ether oxygens (including phenoxy) is 1. The number of β-amino-alcohol motifs (C(OH)–C–C–N with tert-alkyl or cyclic N) is 1. The van der Waals surface area contributed by atoms with Crippen LogP contribution in [0, 0.1) is 0 Å². The summed E-state index contributed by atoms with van der Waals surface area (Å²) in [5.74, 6) is -0.674. The second-order valence-electron chi connectivity index (χ2n) is 5.97. The van der Waals surface area contributed by atoms with Gasteiger partial charge in [-0.15, -0.1) is 11.6 Å². The van der Waals surface area contributed by atoms with Crippen molar-refractivity contribution in [3.63, 3.8) is 0 Å². The number of hydrogen-bond donors (Lipinski definition) is 4. The molecule has 0 aromatic carbocycles. The van der Waals surface area contributed by atoms with Gasteiger partial charge in [-0.25, -0.2) is 0 Å². The summed E-state index contributed by atoms with van der Waals surface area (Å²) in [6, 6.07) is 0. The van der Waals surface area contributed by atoms with Gasteiger partial charge in [0.2, 0.25) is 0 Å². The highest BCUT2D eigenvalue weighted by Crippen LogP contribution is 2.17. The van der Waals surface area contributed by atoms with Crippen LogP contribution in [0.5, 0.6) is 0 Å². The van der Waals surface area contributed by atoms with Gasteiger partial charge in [-0.1, -0.05) is 0 Å². The highest BCUT2D eigenvalue weighted by atomic mass is 35.5. The molecule has 126 valence electrons. The van der Waals surface area contributed by atoms with Gasteiger partial charge in [0.1, 0.15) is 5.60 Å². The molecule has 0 fully saturated rings. The number of aliphatic hydroxyl groups is 4. The lowest BCUT2D eigenvalue weighted by atomic mass is 10.00. The van der Waals surface area contributed by atoms with E-state index in [0.717, 1.165) is 0 Å². The minimum absolute atomic E-state index is 0.0802. The number of aliphatic hydroxyl groups excluding tert-OH is 4. The van der Waals surface area contributed by atoms with Crippen molar-refractivity contribution in [2.75, 3.05) is 38.8 Å². The molecule has 0 aliphatic carbocycles. The average Bonchev–Trinajstić information content (AvgIpc) is 2.38. The Hall–Kier alpha value is -0.440. The van der Waals surface area contributed by atoms with Crippen LogP contribution in [0.2, 0.25) is 0 Å². The Morgan fingerprint density at radius 1 is 1.19 bits per heavy atom. The Kier molecular flexibility index (Phi) is 8.69. The molecular weight excluding hydrogens is 302 g/mol. The van der Waals surface area contributed by atoms with Crippen LogP contribution < -0.4 is 0 Å². The molecule has 0 saturated carbocycles. The van der Waals surface area contributed by atoms with E-state index in [4.69, 9.17) is 16.3 Å². The minimum atomic E-state index is -1.44. The standard InChI is InChI=1S/C13H26ClNO6/c1-12(2,3)21-11(20)6-15(5-10(19)4-14)13(7-16,8-17)9-18/h10,16-19H,4-9H2,1-3H3. The molecule has 21 heavy (non-hydrogen) atoms. The molecule has 0 rings (SSSR count). The second kappa shape index (κ2) is 8.87. The number of rotatable bonds is 9. The van der Waals surface area contributed by atoms with Gasteiger partial charge in [-0.3, -0.25) is 9.69 Å². The van der Waals surface area contributed by atoms with Crippen LogP contribution in [0.15, 0.2) is 0 Å². The first-order chi connectivity index (χ1) is 9.64. The molecule has 0 saturated heterocycles. The molecule has 0 spiro atoms. The van der Waals surface area contributed by atoms with E-state index in [0.29, 0.717) is 0 Å². The number of hydrogen-bond acceptors (Lipinski definition) is 7. The molecule has 1 unspecified atom stereocenters. The molecule has 4 N–H and O–H groups in total.